The molecule has 0 unspecified atom stereocenters. The normalized spacial score (nSPS) is 9.47. The molecular weight excluding hydrogens is 253 g/mol. The van der Waals surface area contributed by atoms with Gasteiger partial charge in [-0.3, -0.25) is 5.43 Å². The van der Waals surface area contributed by atoms with Gasteiger partial charge in [-0.15, -0.1) is 23.7 Å². The van der Waals surface area contributed by atoms with Crippen LogP contribution in [0.15, 0.2) is 29.6 Å². The number of nitrogens with zero attached hydrogens (tertiary/aromatic N) is 1. The van der Waals surface area contributed by atoms with E-state index in [1.807, 2.05) is 29.6 Å². The number of benzene rings is 1. The number of thiazole rings is 1. The summed E-state index contributed by atoms with van der Waals surface area (Å²) < 4.78 is 0. The van der Waals surface area contributed by atoms with Gasteiger partial charge in [-0.05, 0) is 12.1 Å². The Bertz CT molecular complexity index is 427. The molecule has 0 spiro atoms. The summed E-state index contributed by atoms with van der Waals surface area (Å²) >= 11 is 7.25. The lowest BCUT2D eigenvalue weighted by atomic mass is 10.2. The van der Waals surface area contributed by atoms with E-state index in [0.717, 1.165) is 16.3 Å². The Hall–Kier alpha value is -0.810. The van der Waals surface area contributed by atoms with Crippen molar-refractivity contribution in [3.63, 3.8) is 0 Å². The first-order valence-corrected chi connectivity index (χ1v) is 5.23. The Kier molecular flexibility index (Phi) is 4.35. The van der Waals surface area contributed by atoms with Gasteiger partial charge in [-0.1, -0.05) is 23.7 Å². The van der Waals surface area contributed by atoms with Crippen molar-refractivity contribution in [1.82, 2.24) is 4.98 Å². The smallest absolute Gasteiger partial charge is 0.197 e. The number of hydrogen-bond donors (Lipinski definition) is 2. The second-order valence-corrected chi connectivity index (χ2v) is 3.98. The molecule has 2 aromatic rings. The lowest BCUT2D eigenvalue weighted by Gasteiger charge is -1.95. The first-order valence-electron chi connectivity index (χ1n) is 3.97. The van der Waals surface area contributed by atoms with Crippen LogP contribution in [0.1, 0.15) is 0 Å². The largest absolute Gasteiger partial charge is 0.300 e. The molecule has 3 N–H and O–H groups in total. The topological polar surface area (TPSA) is 50.9 Å². The first kappa shape index (κ1) is 12.3. The number of hydrogen-bond acceptors (Lipinski definition) is 4. The first-order chi connectivity index (χ1) is 6.79. The molecule has 0 bridgehead atoms. The van der Waals surface area contributed by atoms with Crippen molar-refractivity contribution in [3.8, 4) is 11.3 Å². The third-order valence-electron chi connectivity index (χ3n) is 1.77. The van der Waals surface area contributed by atoms with Gasteiger partial charge in [0.05, 0.1) is 5.69 Å². The van der Waals surface area contributed by atoms with Crippen LogP contribution in [-0.2, 0) is 0 Å². The van der Waals surface area contributed by atoms with Gasteiger partial charge < -0.3 is 0 Å². The molecule has 0 atom stereocenters. The summed E-state index contributed by atoms with van der Waals surface area (Å²) in [4.78, 5) is 4.27. The molecule has 0 aliphatic heterocycles. The quantitative estimate of drug-likeness (QED) is 0.645. The number of nitrogens with one attached hydrogen (secondary N) is 1. The zero-order valence-corrected chi connectivity index (χ0v) is 9.99. The predicted octanol–water partition coefficient (Wildman–Crippen LogP) is 3.17. The van der Waals surface area contributed by atoms with Crippen LogP contribution in [0.25, 0.3) is 11.3 Å². The van der Waals surface area contributed by atoms with Gasteiger partial charge in [0, 0.05) is 16.0 Å². The van der Waals surface area contributed by atoms with E-state index in [-0.39, 0.29) is 12.4 Å². The molecule has 3 nitrogen and oxygen atoms in total. The van der Waals surface area contributed by atoms with Crippen molar-refractivity contribution in [2.75, 3.05) is 5.43 Å². The van der Waals surface area contributed by atoms with Gasteiger partial charge in [0.2, 0.25) is 0 Å². The van der Waals surface area contributed by atoms with Crippen LogP contribution in [0.3, 0.4) is 0 Å². The minimum atomic E-state index is 0. The van der Waals surface area contributed by atoms with Crippen molar-refractivity contribution >= 4 is 40.5 Å². The fraction of sp³-hybridized carbons (Fsp3) is 0. The fourth-order valence-corrected chi connectivity index (χ4v) is 1.85. The van der Waals surface area contributed by atoms with Gasteiger partial charge in [-0.2, -0.15) is 0 Å². The highest BCUT2D eigenvalue weighted by Crippen LogP contribution is 2.25. The van der Waals surface area contributed by atoms with Crippen molar-refractivity contribution < 1.29 is 0 Å². The summed E-state index contributed by atoms with van der Waals surface area (Å²) in [5, 5.41) is 3.37. The van der Waals surface area contributed by atoms with Crippen LogP contribution >= 0.6 is 35.3 Å². The molecule has 0 aliphatic carbocycles. The lowest BCUT2D eigenvalue weighted by molar-refractivity contribution is 1.29. The number of anilines is 1. The average Bonchev–Trinajstić information content (AvgIpc) is 2.67. The summed E-state index contributed by atoms with van der Waals surface area (Å²) in [5.74, 6) is 5.24. The maximum Gasteiger partial charge on any atom is 0.197 e. The second kappa shape index (κ2) is 5.32. The third-order valence-corrected chi connectivity index (χ3v) is 2.79. The Morgan fingerprint density at radius 1 is 1.27 bits per heavy atom. The SMILES string of the molecule is Cl.NNc1nc(-c2ccc(Cl)cc2)cs1. The monoisotopic (exact) mass is 261 g/mol. The van der Waals surface area contributed by atoms with E-state index in [4.69, 9.17) is 17.4 Å². The lowest BCUT2D eigenvalue weighted by Crippen LogP contribution is -2.05. The van der Waals surface area contributed by atoms with Crippen LogP contribution in [0.4, 0.5) is 5.13 Å². The zero-order valence-electron chi connectivity index (χ0n) is 7.61. The fourth-order valence-electron chi connectivity index (χ4n) is 1.09. The van der Waals surface area contributed by atoms with E-state index in [1.54, 1.807) is 0 Å². The van der Waals surface area contributed by atoms with Gasteiger partial charge in [0.15, 0.2) is 5.13 Å². The number of nitrogen functional groups attached to an aromatic ring is 1. The molecule has 0 saturated heterocycles. The molecule has 80 valence electrons. The number of halogens is 2. The summed E-state index contributed by atoms with van der Waals surface area (Å²) in [7, 11) is 0. The Morgan fingerprint density at radius 2 is 1.93 bits per heavy atom. The molecule has 1 aromatic carbocycles. The molecule has 1 heterocycles. The number of nitrogens with two attached hydrogens (primary N) is 1. The highest BCUT2D eigenvalue weighted by molar-refractivity contribution is 7.14. The maximum atomic E-state index is 5.78. The third kappa shape index (κ3) is 2.82. The van der Waals surface area contributed by atoms with Crippen LogP contribution < -0.4 is 11.3 Å². The van der Waals surface area contributed by atoms with Crippen LogP contribution in [0, 0.1) is 0 Å². The molecule has 0 radical (unpaired) electrons. The van der Waals surface area contributed by atoms with Crippen molar-refractivity contribution in [1.29, 1.82) is 0 Å². The maximum absolute atomic E-state index is 5.78. The van der Waals surface area contributed by atoms with E-state index < -0.39 is 0 Å². The zero-order chi connectivity index (χ0) is 9.97. The van der Waals surface area contributed by atoms with E-state index >= 15 is 0 Å². The summed E-state index contributed by atoms with van der Waals surface area (Å²) in [6, 6.07) is 7.53. The van der Waals surface area contributed by atoms with Gasteiger partial charge in [0.25, 0.3) is 0 Å². The van der Waals surface area contributed by atoms with E-state index in [9.17, 15) is 0 Å². The molecule has 15 heavy (non-hydrogen) atoms. The number of hydrazine groups is 1. The van der Waals surface area contributed by atoms with E-state index in [2.05, 4.69) is 10.4 Å². The van der Waals surface area contributed by atoms with Gasteiger partial charge in [-0.25, -0.2) is 10.8 Å². The molecule has 0 amide bonds. The van der Waals surface area contributed by atoms with Crippen LogP contribution in [-0.4, -0.2) is 4.98 Å². The van der Waals surface area contributed by atoms with E-state index in [0.29, 0.717) is 5.13 Å². The van der Waals surface area contributed by atoms with E-state index in [1.165, 1.54) is 11.3 Å². The molecule has 0 saturated carbocycles. The highest BCUT2D eigenvalue weighted by Gasteiger charge is 2.02. The molecule has 1 aromatic heterocycles. The van der Waals surface area contributed by atoms with Crippen molar-refractivity contribution in [2.45, 2.75) is 0 Å². The standard InChI is InChI=1S/C9H8ClN3S.ClH/c10-7-3-1-6(2-4-7)8-5-14-9(12-8)13-11;/h1-5H,11H2,(H,12,13);1H. The van der Waals surface area contributed by atoms with Crippen LogP contribution in [0.2, 0.25) is 5.02 Å². The molecular formula is C9H9Cl2N3S. The average molecular weight is 262 g/mol. The number of rotatable bonds is 2. The summed E-state index contributed by atoms with van der Waals surface area (Å²) in [6.07, 6.45) is 0. The highest BCUT2D eigenvalue weighted by atomic mass is 35.5. The Balaban J connectivity index is 0.00000112. The Morgan fingerprint density at radius 3 is 2.47 bits per heavy atom. The minimum Gasteiger partial charge on any atom is -0.300 e. The predicted molar refractivity (Wildman–Crippen MR) is 67.6 cm³/mol. The van der Waals surface area contributed by atoms with Gasteiger partial charge in [0.1, 0.15) is 0 Å². The van der Waals surface area contributed by atoms with Gasteiger partial charge >= 0.3 is 0 Å². The van der Waals surface area contributed by atoms with Crippen molar-refractivity contribution in [3.05, 3.63) is 34.7 Å². The second-order valence-electron chi connectivity index (χ2n) is 2.69. The molecule has 0 fully saturated rings. The summed E-state index contributed by atoms with van der Waals surface area (Å²) in [5.41, 5.74) is 4.45. The molecule has 0 aliphatic rings. The number of aromatic nitrogens is 1. The molecule has 6 heteroatoms. The van der Waals surface area contributed by atoms with Crippen molar-refractivity contribution in [2.24, 2.45) is 5.84 Å². The Labute approximate surface area is 103 Å². The van der Waals surface area contributed by atoms with Crippen LogP contribution in [0.5, 0.6) is 0 Å². The minimum absolute atomic E-state index is 0. The summed E-state index contributed by atoms with van der Waals surface area (Å²) in [6.45, 7) is 0. The molecule has 2 rings (SSSR count).